The van der Waals surface area contributed by atoms with Gasteiger partial charge in [-0.1, -0.05) is 24.3 Å². The minimum absolute atomic E-state index is 0.229. The van der Waals surface area contributed by atoms with E-state index >= 15 is 0 Å². The van der Waals surface area contributed by atoms with E-state index in [9.17, 15) is 9.18 Å². The molecule has 132 valence electrons. The normalized spacial score (nSPS) is 10.4. The number of halogens is 1. The molecule has 0 spiro atoms. The summed E-state index contributed by atoms with van der Waals surface area (Å²) in [6.07, 6.45) is 0. The second kappa shape index (κ2) is 7.74. The number of nitrogens with one attached hydrogen (secondary N) is 1. The van der Waals surface area contributed by atoms with Crippen molar-refractivity contribution in [2.24, 2.45) is 0 Å². The standard InChI is InChI=1S/C20H19FN4O/c1-3-25(15-8-6-7-14(2)13-15)20(26)18-11-12-19(24-23-18)22-17-10-5-4-9-16(17)21/h4-13H,3H2,1-2H3,(H,22,24). The first-order valence-electron chi connectivity index (χ1n) is 8.32. The van der Waals surface area contributed by atoms with Gasteiger partial charge < -0.3 is 10.2 Å². The van der Waals surface area contributed by atoms with Gasteiger partial charge in [-0.2, -0.15) is 0 Å². The Kier molecular flexibility index (Phi) is 5.22. The number of carbonyl (C=O) groups excluding carboxylic acids is 1. The molecular formula is C20H19FN4O. The fourth-order valence-corrected chi connectivity index (χ4v) is 2.59. The monoisotopic (exact) mass is 350 g/mol. The van der Waals surface area contributed by atoms with Gasteiger partial charge in [0.2, 0.25) is 0 Å². The van der Waals surface area contributed by atoms with Gasteiger partial charge in [0.1, 0.15) is 5.82 Å². The van der Waals surface area contributed by atoms with Gasteiger partial charge in [-0.3, -0.25) is 4.79 Å². The average molecular weight is 350 g/mol. The molecule has 0 bridgehead atoms. The Bertz CT molecular complexity index is 912. The van der Waals surface area contributed by atoms with E-state index in [1.54, 1.807) is 35.2 Å². The Labute approximate surface area is 151 Å². The van der Waals surface area contributed by atoms with E-state index < -0.39 is 0 Å². The number of aryl methyl sites for hydroxylation is 1. The van der Waals surface area contributed by atoms with Crippen LogP contribution in [0.4, 0.5) is 21.6 Å². The summed E-state index contributed by atoms with van der Waals surface area (Å²) in [5.41, 5.74) is 2.42. The molecule has 26 heavy (non-hydrogen) atoms. The fourth-order valence-electron chi connectivity index (χ4n) is 2.59. The molecule has 2 aromatic carbocycles. The van der Waals surface area contributed by atoms with Crippen LogP contribution in [0.15, 0.2) is 60.7 Å². The molecule has 3 aromatic rings. The summed E-state index contributed by atoms with van der Waals surface area (Å²) in [6, 6.07) is 17.2. The van der Waals surface area contributed by atoms with Crippen molar-refractivity contribution in [3.8, 4) is 0 Å². The number of carbonyl (C=O) groups is 1. The van der Waals surface area contributed by atoms with Crippen LogP contribution < -0.4 is 10.2 Å². The zero-order chi connectivity index (χ0) is 18.5. The molecule has 0 aliphatic heterocycles. The van der Waals surface area contributed by atoms with Crippen molar-refractivity contribution in [3.05, 3.63) is 77.7 Å². The van der Waals surface area contributed by atoms with Gasteiger partial charge in [-0.15, -0.1) is 10.2 Å². The van der Waals surface area contributed by atoms with Gasteiger partial charge in [0.05, 0.1) is 5.69 Å². The summed E-state index contributed by atoms with van der Waals surface area (Å²) in [5.74, 6) is -0.251. The van der Waals surface area contributed by atoms with Gasteiger partial charge in [-0.05, 0) is 55.8 Å². The molecule has 3 rings (SSSR count). The van der Waals surface area contributed by atoms with Crippen LogP contribution in [0, 0.1) is 12.7 Å². The van der Waals surface area contributed by atoms with Gasteiger partial charge in [0, 0.05) is 12.2 Å². The van der Waals surface area contributed by atoms with Crippen molar-refractivity contribution in [1.82, 2.24) is 10.2 Å². The summed E-state index contributed by atoms with van der Waals surface area (Å²) in [5, 5.41) is 10.8. The fraction of sp³-hybridized carbons (Fsp3) is 0.150. The molecule has 0 aliphatic rings. The molecule has 0 unspecified atom stereocenters. The maximum Gasteiger partial charge on any atom is 0.278 e. The number of anilines is 3. The number of hydrogen-bond acceptors (Lipinski definition) is 4. The van der Waals surface area contributed by atoms with Gasteiger partial charge in [0.25, 0.3) is 5.91 Å². The van der Waals surface area contributed by atoms with Crippen molar-refractivity contribution in [3.63, 3.8) is 0 Å². The lowest BCUT2D eigenvalue weighted by Gasteiger charge is -2.20. The lowest BCUT2D eigenvalue weighted by atomic mass is 10.2. The SMILES string of the molecule is CCN(C(=O)c1ccc(Nc2ccccc2F)nn1)c1cccc(C)c1. The van der Waals surface area contributed by atoms with Crippen LogP contribution >= 0.6 is 0 Å². The Morgan fingerprint density at radius 3 is 2.54 bits per heavy atom. The molecule has 0 aliphatic carbocycles. The van der Waals surface area contributed by atoms with Crippen molar-refractivity contribution >= 4 is 23.1 Å². The predicted octanol–water partition coefficient (Wildman–Crippen LogP) is 4.33. The predicted molar refractivity (Wildman–Crippen MR) is 100 cm³/mol. The summed E-state index contributed by atoms with van der Waals surface area (Å²) < 4.78 is 13.7. The Hall–Kier alpha value is -3.28. The van der Waals surface area contributed by atoms with E-state index in [1.807, 2.05) is 38.1 Å². The molecule has 0 radical (unpaired) electrons. The highest BCUT2D eigenvalue weighted by Crippen LogP contribution is 2.20. The van der Waals surface area contributed by atoms with Crippen LogP contribution in [0.1, 0.15) is 23.0 Å². The number of rotatable bonds is 5. The molecule has 0 fully saturated rings. The highest BCUT2D eigenvalue weighted by atomic mass is 19.1. The van der Waals surface area contributed by atoms with E-state index in [1.165, 1.54) is 6.07 Å². The van der Waals surface area contributed by atoms with Crippen LogP contribution in [-0.2, 0) is 0 Å². The molecule has 1 aromatic heterocycles. The molecule has 5 nitrogen and oxygen atoms in total. The molecular weight excluding hydrogens is 331 g/mol. The Morgan fingerprint density at radius 2 is 1.88 bits per heavy atom. The van der Waals surface area contributed by atoms with Crippen LogP contribution in [0.5, 0.6) is 0 Å². The average Bonchev–Trinajstić information content (AvgIpc) is 2.65. The van der Waals surface area contributed by atoms with Crippen LogP contribution in [0.3, 0.4) is 0 Å². The zero-order valence-corrected chi connectivity index (χ0v) is 14.6. The molecule has 0 saturated carbocycles. The van der Waals surface area contributed by atoms with Crippen LogP contribution in [-0.4, -0.2) is 22.6 Å². The first-order chi connectivity index (χ1) is 12.6. The molecule has 0 atom stereocenters. The maximum absolute atomic E-state index is 13.7. The maximum atomic E-state index is 13.7. The number of nitrogens with zero attached hydrogens (tertiary/aromatic N) is 3. The third kappa shape index (κ3) is 3.85. The molecule has 1 amide bonds. The second-order valence-electron chi connectivity index (χ2n) is 5.80. The quantitative estimate of drug-likeness (QED) is 0.744. The highest BCUT2D eigenvalue weighted by Gasteiger charge is 2.18. The van der Waals surface area contributed by atoms with Crippen molar-refractivity contribution in [2.75, 3.05) is 16.8 Å². The third-order valence-electron chi connectivity index (χ3n) is 3.89. The third-order valence-corrected chi connectivity index (χ3v) is 3.89. The number of hydrogen-bond donors (Lipinski definition) is 1. The molecule has 6 heteroatoms. The van der Waals surface area contributed by atoms with Gasteiger partial charge >= 0.3 is 0 Å². The van der Waals surface area contributed by atoms with Crippen LogP contribution in [0.25, 0.3) is 0 Å². The Morgan fingerprint density at radius 1 is 1.08 bits per heavy atom. The van der Waals surface area contributed by atoms with Crippen LogP contribution in [0.2, 0.25) is 0 Å². The number of aromatic nitrogens is 2. The van der Waals surface area contributed by atoms with E-state index in [0.29, 0.717) is 18.1 Å². The largest absolute Gasteiger partial charge is 0.336 e. The van der Waals surface area contributed by atoms with E-state index in [-0.39, 0.29) is 17.4 Å². The highest BCUT2D eigenvalue weighted by molar-refractivity contribution is 6.04. The van der Waals surface area contributed by atoms with E-state index in [4.69, 9.17) is 0 Å². The number of para-hydroxylation sites is 1. The second-order valence-corrected chi connectivity index (χ2v) is 5.80. The Balaban J connectivity index is 1.79. The van der Waals surface area contributed by atoms with Crippen molar-refractivity contribution in [2.45, 2.75) is 13.8 Å². The topological polar surface area (TPSA) is 58.1 Å². The minimum atomic E-state index is -0.383. The molecule has 1 N–H and O–H groups in total. The lowest BCUT2D eigenvalue weighted by Crippen LogP contribution is -2.31. The summed E-state index contributed by atoms with van der Waals surface area (Å²) in [7, 11) is 0. The van der Waals surface area contributed by atoms with Crippen molar-refractivity contribution < 1.29 is 9.18 Å². The van der Waals surface area contributed by atoms with E-state index in [2.05, 4.69) is 15.5 Å². The smallest absolute Gasteiger partial charge is 0.278 e. The minimum Gasteiger partial charge on any atom is -0.336 e. The lowest BCUT2D eigenvalue weighted by molar-refractivity contribution is 0.0982. The first kappa shape index (κ1) is 17.5. The first-order valence-corrected chi connectivity index (χ1v) is 8.32. The number of amides is 1. The van der Waals surface area contributed by atoms with Crippen molar-refractivity contribution in [1.29, 1.82) is 0 Å². The molecule has 1 heterocycles. The number of benzene rings is 2. The zero-order valence-electron chi connectivity index (χ0n) is 14.6. The summed E-state index contributed by atoms with van der Waals surface area (Å²) >= 11 is 0. The summed E-state index contributed by atoms with van der Waals surface area (Å²) in [6.45, 7) is 4.39. The van der Waals surface area contributed by atoms with E-state index in [0.717, 1.165) is 11.3 Å². The van der Waals surface area contributed by atoms with Gasteiger partial charge in [-0.25, -0.2) is 4.39 Å². The molecule has 0 saturated heterocycles. The summed E-state index contributed by atoms with van der Waals surface area (Å²) in [4.78, 5) is 14.4. The van der Waals surface area contributed by atoms with Gasteiger partial charge in [0.15, 0.2) is 11.5 Å².